The van der Waals surface area contributed by atoms with Crippen molar-refractivity contribution in [3.8, 4) is 22.9 Å². The van der Waals surface area contributed by atoms with Gasteiger partial charge >= 0.3 is 0 Å². The van der Waals surface area contributed by atoms with E-state index in [2.05, 4.69) is 23.2 Å². The largest absolute Gasteiger partial charge is 0.492 e. The normalized spacial score (nSPS) is 16.7. The van der Waals surface area contributed by atoms with Crippen molar-refractivity contribution in [2.24, 2.45) is 19.8 Å². The first-order valence-corrected chi connectivity index (χ1v) is 12.1. The molecular weight excluding hydrogens is 462 g/mol. The lowest BCUT2D eigenvalue weighted by molar-refractivity contribution is 0.320. The van der Waals surface area contributed by atoms with Gasteiger partial charge in [-0.1, -0.05) is 36.4 Å². The van der Waals surface area contributed by atoms with Gasteiger partial charge in [0.2, 0.25) is 0 Å². The highest BCUT2D eigenvalue weighted by molar-refractivity contribution is 5.95. The fourth-order valence-corrected chi connectivity index (χ4v) is 5.30. The third kappa shape index (κ3) is 3.53. The predicted molar refractivity (Wildman–Crippen MR) is 142 cm³/mol. The van der Waals surface area contributed by atoms with Crippen LogP contribution in [-0.2, 0) is 26.1 Å². The number of imidazole rings is 1. The van der Waals surface area contributed by atoms with Gasteiger partial charge in [0.1, 0.15) is 17.4 Å². The number of ether oxygens (including phenoxy) is 1. The molecule has 37 heavy (non-hydrogen) atoms. The standard InChI is InChI=1S/C30H25N5O2/c1-34-18-33-17-28(34)30(32)22-8-9-26-25(13-22)24(15-29(36)35(26)2)20-5-3-4-19(12-20)10-11-37-27-14-23(30)7-6-21(27)16-31/h3-9,12-15,17-18H,10-11,32H2,1-2H3. The summed E-state index contributed by atoms with van der Waals surface area (Å²) in [4.78, 5) is 17.3. The number of hydrogen-bond donors (Lipinski definition) is 1. The van der Waals surface area contributed by atoms with Crippen molar-refractivity contribution < 1.29 is 4.74 Å². The summed E-state index contributed by atoms with van der Waals surface area (Å²) >= 11 is 0. The maximum Gasteiger partial charge on any atom is 0.251 e. The lowest BCUT2D eigenvalue weighted by Gasteiger charge is -2.32. The lowest BCUT2D eigenvalue weighted by Crippen LogP contribution is -2.41. The highest BCUT2D eigenvalue weighted by Gasteiger charge is 2.36. The van der Waals surface area contributed by atoms with Crippen LogP contribution in [0.1, 0.15) is 27.9 Å². The molecule has 182 valence electrons. The molecule has 1 aliphatic heterocycles. The molecule has 2 aromatic heterocycles. The number of benzene rings is 3. The third-order valence-corrected chi connectivity index (χ3v) is 7.37. The van der Waals surface area contributed by atoms with E-state index < -0.39 is 5.54 Å². The van der Waals surface area contributed by atoms with Gasteiger partial charge in [0, 0.05) is 32.0 Å². The summed E-state index contributed by atoms with van der Waals surface area (Å²) in [7, 11) is 3.69. The topological polar surface area (TPSA) is 98.9 Å². The van der Waals surface area contributed by atoms with E-state index in [9.17, 15) is 10.1 Å². The molecule has 0 amide bonds. The SMILES string of the molecule is Cn1cncc1C1(N)c2ccc(C#N)c(c2)OCCc2cccc(c2)-c2cc(=O)n(C)c3ccc1cc23. The van der Waals surface area contributed by atoms with Crippen molar-refractivity contribution in [3.05, 3.63) is 118 Å². The summed E-state index contributed by atoms with van der Waals surface area (Å²) in [6, 6.07) is 23.5. The van der Waals surface area contributed by atoms with Crippen LogP contribution in [0.3, 0.4) is 0 Å². The number of nitrogens with zero attached hydrogens (tertiary/aromatic N) is 4. The van der Waals surface area contributed by atoms with Crippen LogP contribution in [0.25, 0.3) is 22.0 Å². The molecule has 7 heteroatoms. The molecule has 3 heterocycles. The number of hydrogen-bond acceptors (Lipinski definition) is 5. The number of aryl methyl sites for hydroxylation is 2. The Labute approximate surface area is 214 Å². The molecule has 5 aromatic rings. The van der Waals surface area contributed by atoms with Crippen molar-refractivity contribution in [1.29, 1.82) is 5.26 Å². The van der Waals surface area contributed by atoms with Crippen molar-refractivity contribution in [2.75, 3.05) is 6.61 Å². The molecule has 0 fully saturated rings. The number of aromatic nitrogens is 3. The smallest absolute Gasteiger partial charge is 0.251 e. The quantitative estimate of drug-likeness (QED) is 0.385. The van der Waals surface area contributed by atoms with Crippen LogP contribution >= 0.6 is 0 Å². The van der Waals surface area contributed by atoms with Gasteiger partial charge in [0.15, 0.2) is 0 Å². The Morgan fingerprint density at radius 3 is 2.65 bits per heavy atom. The molecule has 0 saturated carbocycles. The fourth-order valence-electron chi connectivity index (χ4n) is 5.30. The van der Waals surface area contributed by atoms with Crippen molar-refractivity contribution in [1.82, 2.24) is 14.1 Å². The summed E-state index contributed by atoms with van der Waals surface area (Å²) in [5, 5.41) is 10.7. The molecule has 2 N–H and O–H groups in total. The summed E-state index contributed by atoms with van der Waals surface area (Å²) in [6.45, 7) is 0.391. The van der Waals surface area contributed by atoms with Crippen molar-refractivity contribution in [2.45, 2.75) is 12.0 Å². The van der Waals surface area contributed by atoms with Crippen LogP contribution in [-0.4, -0.2) is 20.7 Å². The predicted octanol–water partition coefficient (Wildman–Crippen LogP) is 4.00. The average molecular weight is 488 g/mol. The highest BCUT2D eigenvalue weighted by atomic mass is 16.5. The third-order valence-electron chi connectivity index (χ3n) is 7.37. The molecule has 0 spiro atoms. The Bertz CT molecular complexity index is 1790. The van der Waals surface area contributed by atoms with Crippen LogP contribution < -0.4 is 16.0 Å². The van der Waals surface area contributed by atoms with E-state index in [-0.39, 0.29) is 5.56 Å². The van der Waals surface area contributed by atoms with Crippen LogP contribution in [0.2, 0.25) is 0 Å². The molecule has 1 aliphatic rings. The monoisotopic (exact) mass is 487 g/mol. The van der Waals surface area contributed by atoms with Gasteiger partial charge in [-0.2, -0.15) is 5.26 Å². The summed E-state index contributed by atoms with van der Waals surface area (Å²) in [5.41, 5.74) is 12.7. The first-order valence-electron chi connectivity index (χ1n) is 12.1. The van der Waals surface area contributed by atoms with Crippen LogP contribution in [0.15, 0.2) is 84.0 Å². The first-order chi connectivity index (χ1) is 17.9. The molecule has 6 bridgehead atoms. The first kappa shape index (κ1) is 22.8. The minimum absolute atomic E-state index is 0.0764. The number of fused-ring (bicyclic) bond motifs is 6. The second-order valence-electron chi connectivity index (χ2n) is 9.51. The molecule has 7 nitrogen and oxygen atoms in total. The van der Waals surface area contributed by atoms with E-state index in [1.807, 2.05) is 54.1 Å². The fraction of sp³-hybridized carbons (Fsp3) is 0.167. The van der Waals surface area contributed by atoms with E-state index in [0.717, 1.165) is 44.4 Å². The van der Waals surface area contributed by atoms with E-state index in [4.69, 9.17) is 10.5 Å². The van der Waals surface area contributed by atoms with Crippen LogP contribution in [0, 0.1) is 11.3 Å². The number of pyridine rings is 1. The maximum absolute atomic E-state index is 12.9. The minimum Gasteiger partial charge on any atom is -0.492 e. The molecule has 3 aromatic carbocycles. The van der Waals surface area contributed by atoms with Gasteiger partial charge in [-0.25, -0.2) is 4.98 Å². The molecular formula is C30H25N5O2. The van der Waals surface area contributed by atoms with Gasteiger partial charge in [0.25, 0.3) is 5.56 Å². The Kier molecular flexibility index (Phi) is 5.21. The van der Waals surface area contributed by atoms with Crippen molar-refractivity contribution in [3.63, 3.8) is 0 Å². The number of nitrogens with two attached hydrogens (primary N) is 1. The molecule has 1 atom stereocenters. The molecule has 6 rings (SSSR count). The summed E-state index contributed by atoms with van der Waals surface area (Å²) in [6.07, 6.45) is 4.13. The highest BCUT2D eigenvalue weighted by Crippen LogP contribution is 2.39. The zero-order chi connectivity index (χ0) is 25.7. The van der Waals surface area contributed by atoms with E-state index in [1.165, 1.54) is 0 Å². The Hall–Kier alpha value is -4.67. The molecule has 1 unspecified atom stereocenters. The summed E-state index contributed by atoms with van der Waals surface area (Å²) in [5.74, 6) is 0.495. The number of rotatable bonds is 1. The number of nitriles is 1. The second-order valence-corrected chi connectivity index (χ2v) is 9.51. The Balaban J connectivity index is 1.75. The van der Waals surface area contributed by atoms with Crippen LogP contribution in [0.5, 0.6) is 5.75 Å². The lowest BCUT2D eigenvalue weighted by atomic mass is 9.79. The van der Waals surface area contributed by atoms with Gasteiger partial charge in [-0.05, 0) is 52.1 Å². The Morgan fingerprint density at radius 1 is 1.05 bits per heavy atom. The average Bonchev–Trinajstić information content (AvgIpc) is 3.36. The van der Waals surface area contributed by atoms with Crippen molar-refractivity contribution >= 4 is 10.9 Å². The minimum atomic E-state index is -1.11. The Morgan fingerprint density at radius 2 is 1.86 bits per heavy atom. The van der Waals surface area contributed by atoms with E-state index in [0.29, 0.717) is 24.3 Å². The zero-order valence-electron chi connectivity index (χ0n) is 20.6. The van der Waals surface area contributed by atoms with E-state index in [1.54, 1.807) is 36.3 Å². The second kappa shape index (κ2) is 8.47. The molecule has 0 radical (unpaired) electrons. The van der Waals surface area contributed by atoms with E-state index >= 15 is 0 Å². The van der Waals surface area contributed by atoms with Gasteiger partial charge in [-0.3, -0.25) is 4.79 Å². The van der Waals surface area contributed by atoms with Gasteiger partial charge in [0.05, 0.1) is 35.9 Å². The molecule has 0 saturated heterocycles. The van der Waals surface area contributed by atoms with Crippen LogP contribution in [0.4, 0.5) is 0 Å². The summed E-state index contributed by atoms with van der Waals surface area (Å²) < 4.78 is 9.70. The molecule has 0 aliphatic carbocycles. The van der Waals surface area contributed by atoms with Gasteiger partial charge in [-0.15, -0.1) is 0 Å². The van der Waals surface area contributed by atoms with Gasteiger partial charge < -0.3 is 19.6 Å². The zero-order valence-corrected chi connectivity index (χ0v) is 20.6. The maximum atomic E-state index is 12.9.